The summed E-state index contributed by atoms with van der Waals surface area (Å²) in [5, 5.41) is 8.79. The Morgan fingerprint density at radius 1 is 1.79 bits per heavy atom. The molecule has 0 amide bonds. The van der Waals surface area contributed by atoms with Gasteiger partial charge in [-0.3, -0.25) is 0 Å². The first-order chi connectivity index (χ1) is 6.65. The van der Waals surface area contributed by atoms with Crippen molar-refractivity contribution >= 4 is 17.6 Å². The van der Waals surface area contributed by atoms with E-state index in [0.29, 0.717) is 0 Å². The summed E-state index contributed by atoms with van der Waals surface area (Å²) in [6, 6.07) is 1.29. The molecule has 0 saturated carbocycles. The predicted octanol–water partition coefficient (Wildman–Crippen LogP) is 2.00. The van der Waals surface area contributed by atoms with Crippen LogP contribution in [0.15, 0.2) is 24.9 Å². The van der Waals surface area contributed by atoms with Crippen molar-refractivity contribution in [2.24, 2.45) is 0 Å². The van der Waals surface area contributed by atoms with E-state index in [1.54, 1.807) is 6.08 Å². The largest absolute Gasteiger partial charge is 0.478 e. The Morgan fingerprint density at radius 3 is 3.00 bits per heavy atom. The molecule has 1 aromatic heterocycles. The zero-order valence-electron chi connectivity index (χ0n) is 7.24. The van der Waals surface area contributed by atoms with Crippen molar-refractivity contribution in [1.29, 1.82) is 0 Å². The Morgan fingerprint density at radius 2 is 2.50 bits per heavy atom. The molecule has 0 aliphatic carbocycles. The fourth-order valence-electron chi connectivity index (χ4n) is 0.786. The maximum absolute atomic E-state index is 10.5. The number of ether oxygens (including phenoxy) is 1. The lowest BCUT2D eigenvalue weighted by molar-refractivity contribution is 0.0696. The van der Waals surface area contributed by atoms with Crippen molar-refractivity contribution in [3.8, 4) is 5.88 Å². The van der Waals surface area contributed by atoms with Crippen molar-refractivity contribution in [1.82, 2.24) is 4.98 Å². The Hall–Kier alpha value is -1.55. The molecule has 1 heterocycles. The van der Waals surface area contributed by atoms with Crippen LogP contribution in [0.3, 0.4) is 0 Å². The van der Waals surface area contributed by atoms with Gasteiger partial charge in [0.05, 0.1) is 5.56 Å². The maximum Gasteiger partial charge on any atom is 0.337 e. The molecule has 1 rings (SSSR count). The summed E-state index contributed by atoms with van der Waals surface area (Å²) in [6.07, 6.45) is 2.73. The minimum Gasteiger partial charge on any atom is -0.478 e. The van der Waals surface area contributed by atoms with Gasteiger partial charge in [0.25, 0.3) is 0 Å². The highest BCUT2D eigenvalue weighted by Gasteiger charge is 2.08. The number of carboxylic acid groups (broad SMARTS) is 1. The number of nitrogens with zero attached hydrogens (tertiary/aromatic N) is 1. The number of aromatic carboxylic acids is 1. The summed E-state index contributed by atoms with van der Waals surface area (Å²) in [5.41, 5.74) is 0.0287. The van der Waals surface area contributed by atoms with Crippen LogP contribution in [0.5, 0.6) is 5.88 Å². The number of halogens is 1. The summed E-state index contributed by atoms with van der Waals surface area (Å²) in [5.74, 6) is -0.869. The molecule has 1 aromatic rings. The van der Waals surface area contributed by atoms with Gasteiger partial charge in [-0.1, -0.05) is 24.3 Å². The maximum atomic E-state index is 10.5. The highest BCUT2D eigenvalue weighted by molar-refractivity contribution is 6.32. The third kappa shape index (κ3) is 2.47. The van der Waals surface area contributed by atoms with Crippen molar-refractivity contribution in [3.05, 3.63) is 35.5 Å². The van der Waals surface area contributed by atoms with E-state index in [0.717, 1.165) is 0 Å². The molecule has 5 heteroatoms. The van der Waals surface area contributed by atoms with Gasteiger partial charge in [0.2, 0.25) is 5.88 Å². The van der Waals surface area contributed by atoms with Gasteiger partial charge in [-0.2, -0.15) is 0 Å². The lowest BCUT2D eigenvalue weighted by atomic mass is 10.3. The van der Waals surface area contributed by atoms with Crippen LogP contribution in [0.25, 0.3) is 0 Å². The van der Waals surface area contributed by atoms with E-state index >= 15 is 0 Å². The van der Waals surface area contributed by atoms with E-state index in [4.69, 9.17) is 21.4 Å². The van der Waals surface area contributed by atoms with E-state index in [1.807, 2.05) is 0 Å². The molecule has 0 aliphatic heterocycles. The third-order valence-corrected chi connectivity index (χ3v) is 1.66. The monoisotopic (exact) mass is 213 g/mol. The number of hydrogen-bond donors (Lipinski definition) is 1. The Labute approximate surface area is 85.8 Å². The summed E-state index contributed by atoms with van der Waals surface area (Å²) in [7, 11) is 0. The zero-order valence-corrected chi connectivity index (χ0v) is 7.99. The molecular weight excluding hydrogens is 206 g/mol. The normalized spacial score (nSPS) is 9.50. The Balaban J connectivity index is 2.89. The molecule has 0 aliphatic rings. The molecular formula is C9H8ClNO3. The summed E-state index contributed by atoms with van der Waals surface area (Å²) in [6.45, 7) is 3.74. The minimum atomic E-state index is -1.07. The Kier molecular flexibility index (Phi) is 3.48. The average molecular weight is 214 g/mol. The summed E-state index contributed by atoms with van der Waals surface area (Å²) < 4.78 is 5.07. The first-order valence-corrected chi connectivity index (χ1v) is 4.15. The lowest BCUT2D eigenvalue weighted by Crippen LogP contribution is -2.00. The third-order valence-electron chi connectivity index (χ3n) is 1.39. The second-order valence-corrected chi connectivity index (χ2v) is 2.82. The van der Waals surface area contributed by atoms with E-state index in [-0.39, 0.29) is 23.1 Å². The van der Waals surface area contributed by atoms with Crippen LogP contribution >= 0.6 is 11.6 Å². The van der Waals surface area contributed by atoms with Crippen molar-refractivity contribution in [2.45, 2.75) is 0 Å². The van der Waals surface area contributed by atoms with Crippen molar-refractivity contribution < 1.29 is 14.6 Å². The average Bonchev–Trinajstić information content (AvgIpc) is 2.15. The highest BCUT2D eigenvalue weighted by Crippen LogP contribution is 2.22. The van der Waals surface area contributed by atoms with Gasteiger partial charge in [-0.05, 0) is 6.07 Å². The number of hydrogen-bond acceptors (Lipinski definition) is 3. The SMILES string of the molecule is C=CCOc1ncc(C(=O)O)cc1Cl. The smallest absolute Gasteiger partial charge is 0.337 e. The van der Waals surface area contributed by atoms with Crippen LogP contribution < -0.4 is 4.74 Å². The summed E-state index contributed by atoms with van der Waals surface area (Å²) >= 11 is 5.72. The zero-order chi connectivity index (χ0) is 10.6. The second-order valence-electron chi connectivity index (χ2n) is 2.42. The van der Waals surface area contributed by atoms with Crippen molar-refractivity contribution in [2.75, 3.05) is 6.61 Å². The van der Waals surface area contributed by atoms with Gasteiger partial charge < -0.3 is 9.84 Å². The molecule has 0 spiro atoms. The first-order valence-electron chi connectivity index (χ1n) is 3.77. The van der Waals surface area contributed by atoms with Crippen molar-refractivity contribution in [3.63, 3.8) is 0 Å². The number of rotatable bonds is 4. The molecule has 74 valence electrons. The molecule has 0 atom stereocenters. The predicted molar refractivity (Wildman–Crippen MR) is 51.9 cm³/mol. The molecule has 0 aromatic carbocycles. The standard InChI is InChI=1S/C9H8ClNO3/c1-2-3-14-8-7(10)4-6(5-11-8)9(12)13/h2,4-5H,1,3H2,(H,12,13). The van der Waals surface area contributed by atoms with Gasteiger partial charge in [-0.25, -0.2) is 9.78 Å². The van der Waals surface area contributed by atoms with Crippen LogP contribution in [-0.4, -0.2) is 22.7 Å². The van der Waals surface area contributed by atoms with Gasteiger partial charge >= 0.3 is 5.97 Å². The molecule has 0 bridgehead atoms. The lowest BCUT2D eigenvalue weighted by Gasteiger charge is -2.04. The van der Waals surface area contributed by atoms with Gasteiger partial charge in [0.15, 0.2) is 0 Å². The van der Waals surface area contributed by atoms with Crippen LogP contribution in [0.2, 0.25) is 5.02 Å². The van der Waals surface area contributed by atoms with Crippen LogP contribution in [0.4, 0.5) is 0 Å². The van der Waals surface area contributed by atoms with Gasteiger partial charge in [0.1, 0.15) is 11.6 Å². The number of pyridine rings is 1. The minimum absolute atomic E-state index is 0.0287. The summed E-state index contributed by atoms with van der Waals surface area (Å²) in [4.78, 5) is 14.3. The van der Waals surface area contributed by atoms with E-state index in [1.165, 1.54) is 12.3 Å². The first kappa shape index (κ1) is 10.5. The van der Waals surface area contributed by atoms with Gasteiger partial charge in [-0.15, -0.1) is 0 Å². The van der Waals surface area contributed by atoms with Crippen LogP contribution in [-0.2, 0) is 0 Å². The van der Waals surface area contributed by atoms with Crippen LogP contribution in [0.1, 0.15) is 10.4 Å². The second kappa shape index (κ2) is 4.62. The van der Waals surface area contributed by atoms with Crippen LogP contribution in [0, 0.1) is 0 Å². The fraction of sp³-hybridized carbons (Fsp3) is 0.111. The molecule has 0 fully saturated rings. The van der Waals surface area contributed by atoms with Gasteiger partial charge in [0, 0.05) is 6.20 Å². The highest BCUT2D eigenvalue weighted by atomic mass is 35.5. The molecule has 0 radical (unpaired) electrons. The molecule has 1 N–H and O–H groups in total. The number of carbonyl (C=O) groups is 1. The Bertz CT molecular complexity index is 365. The molecule has 0 unspecified atom stereocenters. The molecule has 0 saturated heterocycles. The topological polar surface area (TPSA) is 59.4 Å². The number of carboxylic acids is 1. The van der Waals surface area contributed by atoms with E-state index < -0.39 is 5.97 Å². The number of aromatic nitrogens is 1. The molecule has 4 nitrogen and oxygen atoms in total. The quantitative estimate of drug-likeness (QED) is 0.778. The fourth-order valence-corrected chi connectivity index (χ4v) is 1.01. The van der Waals surface area contributed by atoms with E-state index in [2.05, 4.69) is 11.6 Å². The van der Waals surface area contributed by atoms with E-state index in [9.17, 15) is 4.79 Å². The molecule has 14 heavy (non-hydrogen) atoms.